The molecule has 0 aliphatic heterocycles. The van der Waals surface area contributed by atoms with Gasteiger partial charge in [-0.2, -0.15) is 0 Å². The van der Waals surface area contributed by atoms with Gasteiger partial charge in [-0.05, 0) is 51.7 Å². The molecule has 2 aromatic carbocycles. The Bertz CT molecular complexity index is 763. The summed E-state index contributed by atoms with van der Waals surface area (Å²) < 4.78 is 5.50. The Balaban J connectivity index is 1.97. The maximum atomic E-state index is 12.5. The van der Waals surface area contributed by atoms with Crippen molar-refractivity contribution >= 4 is 17.5 Å². The first-order chi connectivity index (χ1) is 13.5. The lowest BCUT2D eigenvalue weighted by Gasteiger charge is -2.21. The van der Waals surface area contributed by atoms with Crippen LogP contribution >= 0.6 is 0 Å². The number of rotatable bonds is 10. The average Bonchev–Trinajstić information content (AvgIpc) is 2.67. The summed E-state index contributed by atoms with van der Waals surface area (Å²) in [4.78, 5) is 26.9. The molecule has 6 heteroatoms. The van der Waals surface area contributed by atoms with E-state index in [1.165, 1.54) is 0 Å². The number of hydrogen-bond acceptors (Lipinski definition) is 4. The molecule has 150 valence electrons. The minimum atomic E-state index is -0.371. The van der Waals surface area contributed by atoms with Crippen molar-refractivity contribution in [3.63, 3.8) is 0 Å². The summed E-state index contributed by atoms with van der Waals surface area (Å²) in [5, 5.41) is 5.74. The summed E-state index contributed by atoms with van der Waals surface area (Å²) in [5.74, 6) is -0.0880. The van der Waals surface area contributed by atoms with E-state index in [0.29, 0.717) is 18.0 Å². The number of nitrogens with zero attached hydrogens (tertiary/aromatic N) is 1. The number of ether oxygens (including phenoxy) is 1. The van der Waals surface area contributed by atoms with Crippen molar-refractivity contribution in [3.05, 3.63) is 60.2 Å². The van der Waals surface area contributed by atoms with Gasteiger partial charge in [-0.25, -0.2) is 0 Å². The van der Waals surface area contributed by atoms with E-state index in [1.54, 1.807) is 12.1 Å². The second-order valence-electron chi connectivity index (χ2n) is 6.78. The third kappa shape index (κ3) is 7.04. The number of anilines is 1. The lowest BCUT2D eigenvalue weighted by atomic mass is 10.0. The molecular weight excluding hydrogens is 354 g/mol. The van der Waals surface area contributed by atoms with E-state index in [9.17, 15) is 9.59 Å². The molecule has 0 spiro atoms. The van der Waals surface area contributed by atoms with Crippen LogP contribution in [-0.2, 0) is 9.59 Å². The minimum absolute atomic E-state index is 0.139. The Kier molecular flexibility index (Phi) is 8.49. The number of hydrogen-bond donors (Lipinski definition) is 2. The molecule has 6 nitrogen and oxygen atoms in total. The number of benzene rings is 2. The van der Waals surface area contributed by atoms with Crippen molar-refractivity contribution < 1.29 is 14.3 Å². The van der Waals surface area contributed by atoms with Crippen molar-refractivity contribution in [2.24, 2.45) is 0 Å². The van der Waals surface area contributed by atoms with Crippen LogP contribution in [0.25, 0.3) is 0 Å². The van der Waals surface area contributed by atoms with Gasteiger partial charge in [0, 0.05) is 0 Å². The molecule has 0 heterocycles. The lowest BCUT2D eigenvalue weighted by Crippen LogP contribution is -2.33. The molecule has 0 saturated heterocycles. The molecule has 2 aromatic rings. The Morgan fingerprint density at radius 2 is 1.68 bits per heavy atom. The zero-order valence-electron chi connectivity index (χ0n) is 16.8. The van der Waals surface area contributed by atoms with E-state index in [2.05, 4.69) is 15.5 Å². The highest BCUT2D eigenvalue weighted by atomic mass is 16.5. The van der Waals surface area contributed by atoms with Gasteiger partial charge in [0.15, 0.2) is 0 Å². The summed E-state index contributed by atoms with van der Waals surface area (Å²) in [6.45, 7) is 3.20. The number of nitrogens with one attached hydrogen (secondary N) is 2. The number of para-hydroxylation sites is 2. The summed E-state index contributed by atoms with van der Waals surface area (Å²) >= 11 is 0. The quantitative estimate of drug-likeness (QED) is 0.618. The molecule has 2 rings (SSSR count). The smallest absolute Gasteiger partial charge is 0.233 e. The van der Waals surface area contributed by atoms with E-state index >= 15 is 0 Å². The first kappa shape index (κ1) is 21.4. The van der Waals surface area contributed by atoms with Gasteiger partial charge in [0.1, 0.15) is 12.2 Å². The van der Waals surface area contributed by atoms with Crippen molar-refractivity contribution in [2.75, 3.05) is 32.6 Å². The van der Waals surface area contributed by atoms with Gasteiger partial charge in [-0.15, -0.1) is 0 Å². The Morgan fingerprint density at radius 3 is 2.36 bits per heavy atom. The topological polar surface area (TPSA) is 70.7 Å². The first-order valence-corrected chi connectivity index (χ1v) is 9.50. The molecule has 0 radical (unpaired) electrons. The molecule has 0 fully saturated rings. The van der Waals surface area contributed by atoms with Gasteiger partial charge in [-0.1, -0.05) is 42.5 Å². The highest BCUT2D eigenvalue weighted by Gasteiger charge is 2.18. The minimum Gasteiger partial charge on any atom is -0.492 e. The Morgan fingerprint density at radius 1 is 1.00 bits per heavy atom. The predicted molar refractivity (Wildman–Crippen MR) is 111 cm³/mol. The zero-order valence-corrected chi connectivity index (χ0v) is 16.8. The highest BCUT2D eigenvalue weighted by Crippen LogP contribution is 2.24. The molecule has 28 heavy (non-hydrogen) atoms. The van der Waals surface area contributed by atoms with Gasteiger partial charge < -0.3 is 20.3 Å². The second-order valence-corrected chi connectivity index (χ2v) is 6.78. The monoisotopic (exact) mass is 383 g/mol. The third-order valence-corrected chi connectivity index (χ3v) is 4.18. The zero-order chi connectivity index (χ0) is 20.4. The summed E-state index contributed by atoms with van der Waals surface area (Å²) in [6.07, 6.45) is 0.517. The van der Waals surface area contributed by atoms with Crippen LogP contribution in [-0.4, -0.2) is 44.0 Å². The molecule has 0 unspecified atom stereocenters. The largest absolute Gasteiger partial charge is 0.492 e. The fourth-order valence-electron chi connectivity index (χ4n) is 2.83. The molecule has 0 aromatic heterocycles. The van der Waals surface area contributed by atoms with Crippen LogP contribution < -0.4 is 15.4 Å². The van der Waals surface area contributed by atoms with E-state index in [4.69, 9.17) is 4.74 Å². The summed E-state index contributed by atoms with van der Waals surface area (Å²) in [7, 11) is 3.99. The second kappa shape index (κ2) is 11.1. The van der Waals surface area contributed by atoms with Crippen LogP contribution in [0.5, 0.6) is 5.75 Å². The van der Waals surface area contributed by atoms with Crippen LogP contribution in [0.2, 0.25) is 0 Å². The van der Waals surface area contributed by atoms with Crippen molar-refractivity contribution in [3.8, 4) is 5.75 Å². The maximum absolute atomic E-state index is 12.5. The molecule has 0 saturated carbocycles. The van der Waals surface area contributed by atoms with Gasteiger partial charge >= 0.3 is 0 Å². The summed E-state index contributed by atoms with van der Waals surface area (Å²) in [6, 6.07) is 16.8. The van der Waals surface area contributed by atoms with Gasteiger partial charge in [0.25, 0.3) is 0 Å². The molecule has 1 atom stereocenters. The normalized spacial score (nSPS) is 11.7. The fourth-order valence-corrected chi connectivity index (χ4v) is 2.83. The number of carbonyl (C=O) groups excluding carboxylic acids is 2. The van der Waals surface area contributed by atoms with Crippen LogP contribution in [0.1, 0.15) is 31.4 Å². The first-order valence-electron chi connectivity index (χ1n) is 9.50. The highest BCUT2D eigenvalue weighted by molar-refractivity contribution is 6.04. The van der Waals surface area contributed by atoms with Gasteiger partial charge in [0.2, 0.25) is 11.8 Å². The van der Waals surface area contributed by atoms with Crippen LogP contribution in [0.3, 0.4) is 0 Å². The molecule has 0 aliphatic carbocycles. The third-order valence-electron chi connectivity index (χ3n) is 4.18. The van der Waals surface area contributed by atoms with E-state index in [-0.39, 0.29) is 24.3 Å². The lowest BCUT2D eigenvalue weighted by molar-refractivity contribution is -0.127. The predicted octanol–water partition coefficient (Wildman–Crippen LogP) is 3.22. The molecular formula is C22H29N3O3. The summed E-state index contributed by atoms with van der Waals surface area (Å²) in [5.41, 5.74) is 1.59. The Labute approximate surface area is 166 Å². The van der Waals surface area contributed by atoms with Crippen molar-refractivity contribution in [1.82, 2.24) is 10.2 Å². The molecule has 2 N–H and O–H groups in total. The van der Waals surface area contributed by atoms with E-state index in [1.807, 2.05) is 63.5 Å². The van der Waals surface area contributed by atoms with Crippen LogP contribution in [0, 0.1) is 0 Å². The van der Waals surface area contributed by atoms with Crippen molar-refractivity contribution in [1.29, 1.82) is 0 Å². The molecule has 0 bridgehead atoms. The SMILES string of the molecule is CCOc1ccccc1NC(=O)CC(=O)N[C@H](CCN(C)C)c1ccccc1. The van der Waals surface area contributed by atoms with Crippen LogP contribution in [0.4, 0.5) is 5.69 Å². The van der Waals surface area contributed by atoms with Gasteiger partial charge in [0.05, 0.1) is 18.3 Å². The van der Waals surface area contributed by atoms with E-state index in [0.717, 1.165) is 18.5 Å². The molecule has 0 aliphatic rings. The van der Waals surface area contributed by atoms with Crippen molar-refractivity contribution in [2.45, 2.75) is 25.8 Å². The fraction of sp³-hybridized carbons (Fsp3) is 0.364. The number of carbonyl (C=O) groups is 2. The Hall–Kier alpha value is -2.86. The number of amides is 2. The molecule has 2 amide bonds. The van der Waals surface area contributed by atoms with E-state index < -0.39 is 0 Å². The average molecular weight is 383 g/mol. The maximum Gasteiger partial charge on any atom is 0.233 e. The van der Waals surface area contributed by atoms with Crippen LogP contribution in [0.15, 0.2) is 54.6 Å². The standard InChI is InChI=1S/C22H29N3O3/c1-4-28-20-13-9-8-12-19(20)24-22(27)16-21(26)23-18(14-15-25(2)3)17-10-6-5-7-11-17/h5-13,18H,4,14-16H2,1-3H3,(H,23,26)(H,24,27)/t18-/m1/s1. The van der Waals surface area contributed by atoms with Gasteiger partial charge in [-0.3, -0.25) is 9.59 Å².